The molecule has 1 aliphatic heterocycles. The zero-order valence-corrected chi connectivity index (χ0v) is 19.8. The molecule has 2 aromatic carbocycles. The molecule has 0 bridgehead atoms. The number of fused-ring (bicyclic) bond motifs is 1. The summed E-state index contributed by atoms with van der Waals surface area (Å²) in [6.45, 7) is 4.80. The number of carbonyl (C=O) groups excluding carboxylic acids is 3. The van der Waals surface area contributed by atoms with Gasteiger partial charge in [-0.2, -0.15) is 0 Å². The molecule has 2 aromatic rings. The van der Waals surface area contributed by atoms with Gasteiger partial charge >= 0.3 is 0 Å². The lowest BCUT2D eigenvalue weighted by Gasteiger charge is -2.24. The van der Waals surface area contributed by atoms with Crippen LogP contribution >= 0.6 is 11.6 Å². The Balaban J connectivity index is 1.72. The minimum absolute atomic E-state index is 0.0202. The standard InChI is InChI=1S/C25H30ClN3O4/c1-17-7-3-4-8-19(17)13-24(31)29-12-6-5-11-27-25(32)21-14-20(26)9-10-22(21)33-16-18(2)28-23(30)15-29/h3-4,7-10,14,18H,5-6,11-13,15-16H2,1-2H3,(H,27,32)(H,28,30)/t18-/m0/s1. The van der Waals surface area contributed by atoms with Crippen LogP contribution in [-0.4, -0.2) is 54.9 Å². The van der Waals surface area contributed by atoms with Crippen LogP contribution in [0.4, 0.5) is 0 Å². The Hall–Kier alpha value is -3.06. The second-order valence-corrected chi connectivity index (χ2v) is 8.74. The summed E-state index contributed by atoms with van der Waals surface area (Å²) in [6, 6.07) is 12.3. The number of nitrogens with one attached hydrogen (secondary N) is 2. The predicted octanol–water partition coefficient (Wildman–Crippen LogP) is 3.13. The molecule has 0 unspecified atom stereocenters. The highest BCUT2D eigenvalue weighted by Crippen LogP contribution is 2.23. The van der Waals surface area contributed by atoms with E-state index in [1.54, 1.807) is 23.1 Å². The first-order valence-electron chi connectivity index (χ1n) is 11.2. The second kappa shape index (κ2) is 11.7. The third-order valence-corrected chi connectivity index (χ3v) is 5.75. The third kappa shape index (κ3) is 7.22. The highest BCUT2D eigenvalue weighted by Gasteiger charge is 2.20. The molecule has 1 atom stereocenters. The summed E-state index contributed by atoms with van der Waals surface area (Å²) in [5, 5.41) is 6.20. The molecule has 0 aromatic heterocycles. The zero-order valence-electron chi connectivity index (χ0n) is 19.0. The van der Waals surface area contributed by atoms with Crippen LogP contribution < -0.4 is 15.4 Å². The SMILES string of the molecule is Cc1ccccc1CC(=O)N1CCCCNC(=O)c2cc(Cl)ccc2OC[C@H](C)NC(=O)C1. The van der Waals surface area contributed by atoms with Crippen molar-refractivity contribution in [1.82, 2.24) is 15.5 Å². The van der Waals surface area contributed by atoms with Crippen LogP contribution in [0.1, 0.15) is 41.3 Å². The highest BCUT2D eigenvalue weighted by molar-refractivity contribution is 6.31. The van der Waals surface area contributed by atoms with E-state index >= 15 is 0 Å². The molecule has 3 rings (SSSR count). The molecule has 2 N–H and O–H groups in total. The fourth-order valence-electron chi connectivity index (χ4n) is 3.66. The maximum atomic E-state index is 13.0. The molecular formula is C25H30ClN3O4. The van der Waals surface area contributed by atoms with E-state index in [4.69, 9.17) is 16.3 Å². The van der Waals surface area contributed by atoms with E-state index in [1.807, 2.05) is 38.1 Å². The fraction of sp³-hybridized carbons (Fsp3) is 0.400. The topological polar surface area (TPSA) is 87.7 Å². The average Bonchev–Trinajstić information content (AvgIpc) is 2.78. The van der Waals surface area contributed by atoms with Gasteiger partial charge in [-0.15, -0.1) is 0 Å². The number of hydrogen-bond acceptors (Lipinski definition) is 4. The monoisotopic (exact) mass is 471 g/mol. The summed E-state index contributed by atoms with van der Waals surface area (Å²) in [5.41, 5.74) is 2.34. The molecular weight excluding hydrogens is 442 g/mol. The van der Waals surface area contributed by atoms with Crippen molar-refractivity contribution in [2.75, 3.05) is 26.2 Å². The maximum Gasteiger partial charge on any atom is 0.255 e. The van der Waals surface area contributed by atoms with E-state index in [2.05, 4.69) is 10.6 Å². The summed E-state index contributed by atoms with van der Waals surface area (Å²) in [5.74, 6) is -0.210. The van der Waals surface area contributed by atoms with Crippen LogP contribution in [0, 0.1) is 6.92 Å². The van der Waals surface area contributed by atoms with Gasteiger partial charge in [-0.1, -0.05) is 35.9 Å². The van der Waals surface area contributed by atoms with E-state index in [0.717, 1.165) is 11.1 Å². The van der Waals surface area contributed by atoms with Gasteiger partial charge in [-0.25, -0.2) is 0 Å². The van der Waals surface area contributed by atoms with Gasteiger partial charge in [0.1, 0.15) is 12.4 Å². The van der Waals surface area contributed by atoms with Gasteiger partial charge in [-0.05, 0) is 56.0 Å². The van der Waals surface area contributed by atoms with E-state index in [-0.39, 0.29) is 43.3 Å². The molecule has 3 amide bonds. The molecule has 0 saturated carbocycles. The van der Waals surface area contributed by atoms with Crippen molar-refractivity contribution in [3.63, 3.8) is 0 Å². The van der Waals surface area contributed by atoms with Crippen molar-refractivity contribution in [2.24, 2.45) is 0 Å². The third-order valence-electron chi connectivity index (χ3n) is 5.51. The molecule has 0 radical (unpaired) electrons. The Kier molecular flexibility index (Phi) is 8.72. The molecule has 8 heteroatoms. The van der Waals surface area contributed by atoms with Crippen molar-refractivity contribution in [3.8, 4) is 5.75 Å². The smallest absolute Gasteiger partial charge is 0.255 e. The minimum atomic E-state index is -0.317. The van der Waals surface area contributed by atoms with Crippen molar-refractivity contribution in [3.05, 3.63) is 64.2 Å². The van der Waals surface area contributed by atoms with Gasteiger partial charge < -0.3 is 20.3 Å². The normalized spacial score (nSPS) is 18.2. The van der Waals surface area contributed by atoms with Crippen molar-refractivity contribution < 1.29 is 19.1 Å². The fourth-order valence-corrected chi connectivity index (χ4v) is 3.83. The molecule has 7 nitrogen and oxygen atoms in total. The summed E-state index contributed by atoms with van der Waals surface area (Å²) >= 11 is 6.07. The second-order valence-electron chi connectivity index (χ2n) is 8.30. The molecule has 0 saturated heterocycles. The lowest BCUT2D eigenvalue weighted by molar-refractivity contribution is -0.135. The van der Waals surface area contributed by atoms with Crippen LogP contribution in [0.2, 0.25) is 5.02 Å². The lowest BCUT2D eigenvalue weighted by Crippen LogP contribution is -2.45. The number of benzene rings is 2. The van der Waals surface area contributed by atoms with Crippen molar-refractivity contribution >= 4 is 29.3 Å². The quantitative estimate of drug-likeness (QED) is 0.704. The summed E-state index contributed by atoms with van der Waals surface area (Å²) in [6.07, 6.45) is 1.56. The van der Waals surface area contributed by atoms with Gasteiger partial charge in [0.25, 0.3) is 5.91 Å². The van der Waals surface area contributed by atoms with Gasteiger partial charge in [0, 0.05) is 18.1 Å². The van der Waals surface area contributed by atoms with Gasteiger partial charge in [0.2, 0.25) is 11.8 Å². The summed E-state index contributed by atoms with van der Waals surface area (Å²) in [4.78, 5) is 39.9. The molecule has 1 heterocycles. The van der Waals surface area contributed by atoms with Crippen LogP contribution in [0.3, 0.4) is 0 Å². The maximum absolute atomic E-state index is 13.0. The number of halogens is 1. The Morgan fingerprint density at radius 3 is 2.76 bits per heavy atom. The van der Waals surface area contributed by atoms with E-state index in [9.17, 15) is 14.4 Å². The molecule has 0 spiro atoms. The first-order valence-corrected chi connectivity index (χ1v) is 11.5. The Morgan fingerprint density at radius 2 is 1.97 bits per heavy atom. The van der Waals surface area contributed by atoms with Gasteiger partial charge in [0.15, 0.2) is 0 Å². The highest BCUT2D eigenvalue weighted by atomic mass is 35.5. The van der Waals surface area contributed by atoms with Crippen LogP contribution in [0.15, 0.2) is 42.5 Å². The van der Waals surface area contributed by atoms with Crippen LogP contribution in [-0.2, 0) is 16.0 Å². The Labute approximate surface area is 199 Å². The molecule has 0 aliphatic carbocycles. The summed E-state index contributed by atoms with van der Waals surface area (Å²) < 4.78 is 5.80. The van der Waals surface area contributed by atoms with E-state index in [0.29, 0.717) is 42.3 Å². The van der Waals surface area contributed by atoms with E-state index in [1.165, 1.54) is 0 Å². The first kappa shape index (κ1) is 24.6. The number of ether oxygens (including phenoxy) is 1. The number of carbonyl (C=O) groups is 3. The predicted molar refractivity (Wildman–Crippen MR) is 128 cm³/mol. The number of rotatable bonds is 2. The van der Waals surface area contributed by atoms with E-state index < -0.39 is 0 Å². The number of hydrogen-bond donors (Lipinski definition) is 2. The van der Waals surface area contributed by atoms with Crippen LogP contribution in [0.25, 0.3) is 0 Å². The average molecular weight is 472 g/mol. The van der Waals surface area contributed by atoms with Crippen molar-refractivity contribution in [1.29, 1.82) is 0 Å². The zero-order chi connectivity index (χ0) is 23.8. The van der Waals surface area contributed by atoms with Gasteiger partial charge in [0.05, 0.1) is 24.6 Å². The van der Waals surface area contributed by atoms with Gasteiger partial charge in [-0.3, -0.25) is 14.4 Å². The molecule has 0 fully saturated rings. The number of nitrogens with zero attached hydrogens (tertiary/aromatic N) is 1. The number of aryl methyl sites for hydroxylation is 1. The summed E-state index contributed by atoms with van der Waals surface area (Å²) in [7, 11) is 0. The molecule has 33 heavy (non-hydrogen) atoms. The molecule has 176 valence electrons. The Morgan fingerprint density at radius 1 is 1.18 bits per heavy atom. The molecule has 1 aliphatic rings. The van der Waals surface area contributed by atoms with Crippen molar-refractivity contribution in [2.45, 2.75) is 39.2 Å². The largest absolute Gasteiger partial charge is 0.491 e. The first-order chi connectivity index (χ1) is 15.8. The van der Waals surface area contributed by atoms with Crippen LogP contribution in [0.5, 0.6) is 5.75 Å². The minimum Gasteiger partial charge on any atom is -0.491 e. The lowest BCUT2D eigenvalue weighted by atomic mass is 10.1. The number of amides is 3. The Bertz CT molecular complexity index is 1010.